The van der Waals surface area contributed by atoms with Gasteiger partial charge in [-0.15, -0.1) is 0 Å². The molecule has 1 saturated carbocycles. The molecule has 1 N–H and O–H groups in total. The molecule has 1 aromatic carbocycles. The van der Waals surface area contributed by atoms with Gasteiger partial charge < -0.3 is 19.5 Å². The van der Waals surface area contributed by atoms with Crippen LogP contribution < -0.4 is 14.8 Å². The number of ether oxygens (including phenoxy) is 3. The zero-order valence-electron chi connectivity index (χ0n) is 12.3. The molecule has 4 nitrogen and oxygen atoms in total. The molecule has 4 heteroatoms. The Morgan fingerprint density at radius 3 is 2.75 bits per heavy atom. The van der Waals surface area contributed by atoms with Gasteiger partial charge in [0.05, 0.1) is 6.61 Å². The van der Waals surface area contributed by atoms with Crippen LogP contribution in [0.15, 0.2) is 18.2 Å². The first kappa shape index (κ1) is 13.7. The molecular formula is C16H23NO3. The monoisotopic (exact) mass is 277 g/mol. The maximum atomic E-state index is 5.70. The molecule has 1 heterocycles. The van der Waals surface area contributed by atoms with Gasteiger partial charge in [0.2, 0.25) is 0 Å². The molecule has 0 spiro atoms. The third-order valence-corrected chi connectivity index (χ3v) is 4.49. The van der Waals surface area contributed by atoms with E-state index in [1.54, 1.807) is 7.11 Å². The molecule has 1 aromatic rings. The highest BCUT2D eigenvalue weighted by Crippen LogP contribution is 2.54. The van der Waals surface area contributed by atoms with Gasteiger partial charge in [-0.2, -0.15) is 0 Å². The lowest BCUT2D eigenvalue weighted by Gasteiger charge is -2.23. The predicted octanol–water partition coefficient (Wildman–Crippen LogP) is 1.97. The topological polar surface area (TPSA) is 39.7 Å². The Morgan fingerprint density at radius 2 is 2.05 bits per heavy atom. The average Bonchev–Trinajstić information content (AvgIpc) is 3.15. The van der Waals surface area contributed by atoms with Crippen molar-refractivity contribution in [3.05, 3.63) is 23.8 Å². The smallest absolute Gasteiger partial charge is 0.161 e. The molecule has 1 aliphatic heterocycles. The van der Waals surface area contributed by atoms with E-state index in [9.17, 15) is 0 Å². The molecule has 0 amide bonds. The second-order valence-electron chi connectivity index (χ2n) is 5.79. The fraction of sp³-hybridized carbons (Fsp3) is 0.625. The lowest BCUT2D eigenvalue weighted by atomic mass is 9.93. The fourth-order valence-corrected chi connectivity index (χ4v) is 3.08. The van der Waals surface area contributed by atoms with Gasteiger partial charge in [0.1, 0.15) is 13.2 Å². The summed E-state index contributed by atoms with van der Waals surface area (Å²) in [6.45, 7) is 6.25. The van der Waals surface area contributed by atoms with Gasteiger partial charge in [-0.1, -0.05) is 13.0 Å². The van der Waals surface area contributed by atoms with Crippen molar-refractivity contribution in [3.63, 3.8) is 0 Å². The summed E-state index contributed by atoms with van der Waals surface area (Å²) < 4.78 is 16.4. The van der Waals surface area contributed by atoms with E-state index in [0.29, 0.717) is 19.1 Å². The Morgan fingerprint density at radius 1 is 1.30 bits per heavy atom. The number of methoxy groups -OCH3 is 1. The van der Waals surface area contributed by atoms with Crippen molar-refractivity contribution >= 4 is 0 Å². The number of hydrogen-bond acceptors (Lipinski definition) is 4. The fourth-order valence-electron chi connectivity index (χ4n) is 3.08. The predicted molar refractivity (Wildman–Crippen MR) is 77.6 cm³/mol. The Balaban J connectivity index is 1.73. The number of fused-ring (bicyclic) bond motifs is 1. The van der Waals surface area contributed by atoms with E-state index >= 15 is 0 Å². The highest BCUT2D eigenvalue weighted by atomic mass is 16.6. The molecule has 0 radical (unpaired) electrons. The second-order valence-corrected chi connectivity index (χ2v) is 5.79. The van der Waals surface area contributed by atoms with Crippen LogP contribution in [0.2, 0.25) is 0 Å². The summed E-state index contributed by atoms with van der Waals surface area (Å²) in [5, 5.41) is 3.50. The highest BCUT2D eigenvalue weighted by Gasteiger charge is 2.52. The van der Waals surface area contributed by atoms with Crippen LogP contribution in [0.25, 0.3) is 0 Å². The lowest BCUT2D eigenvalue weighted by molar-refractivity contribution is 0.171. The van der Waals surface area contributed by atoms with E-state index in [-0.39, 0.29) is 5.41 Å². The largest absolute Gasteiger partial charge is 0.486 e. The summed E-state index contributed by atoms with van der Waals surface area (Å²) in [7, 11) is 1.73. The van der Waals surface area contributed by atoms with Gasteiger partial charge in [0.25, 0.3) is 0 Å². The van der Waals surface area contributed by atoms with E-state index in [4.69, 9.17) is 14.2 Å². The summed E-state index contributed by atoms with van der Waals surface area (Å²) in [5.41, 5.74) is 1.61. The first-order valence-corrected chi connectivity index (χ1v) is 7.36. The van der Waals surface area contributed by atoms with Crippen LogP contribution in [-0.4, -0.2) is 40.0 Å². The molecule has 0 bridgehead atoms. The van der Waals surface area contributed by atoms with Gasteiger partial charge in [-0.25, -0.2) is 0 Å². The number of nitrogens with one attached hydrogen (secondary N) is 1. The average molecular weight is 277 g/mol. The molecular weight excluding hydrogens is 254 g/mol. The molecule has 2 aliphatic rings. The van der Waals surface area contributed by atoms with Crippen LogP contribution in [0.1, 0.15) is 18.9 Å². The third-order valence-electron chi connectivity index (χ3n) is 4.49. The van der Waals surface area contributed by atoms with Crippen molar-refractivity contribution in [2.75, 3.05) is 40.0 Å². The van der Waals surface area contributed by atoms with Crippen LogP contribution >= 0.6 is 0 Å². The molecule has 2 atom stereocenters. The van der Waals surface area contributed by atoms with Crippen LogP contribution in [0.4, 0.5) is 0 Å². The normalized spacial score (nSPS) is 27.4. The summed E-state index contributed by atoms with van der Waals surface area (Å²) >= 11 is 0. The summed E-state index contributed by atoms with van der Waals surface area (Å²) in [5.74, 6) is 2.47. The van der Waals surface area contributed by atoms with Crippen molar-refractivity contribution in [3.8, 4) is 11.5 Å². The Labute approximate surface area is 120 Å². The van der Waals surface area contributed by atoms with Crippen molar-refractivity contribution < 1.29 is 14.2 Å². The summed E-state index contributed by atoms with van der Waals surface area (Å²) in [6, 6.07) is 6.40. The maximum absolute atomic E-state index is 5.70. The first-order valence-electron chi connectivity index (χ1n) is 7.36. The molecule has 20 heavy (non-hydrogen) atoms. The van der Waals surface area contributed by atoms with Crippen LogP contribution in [-0.2, 0) is 10.2 Å². The van der Waals surface area contributed by atoms with Gasteiger partial charge in [-0.3, -0.25) is 0 Å². The van der Waals surface area contributed by atoms with Gasteiger partial charge in [0, 0.05) is 25.6 Å². The second kappa shape index (κ2) is 5.62. The minimum absolute atomic E-state index is 0.254. The van der Waals surface area contributed by atoms with Crippen molar-refractivity contribution in [2.24, 2.45) is 5.92 Å². The van der Waals surface area contributed by atoms with E-state index in [1.807, 2.05) is 6.07 Å². The first-order chi connectivity index (χ1) is 9.76. The number of hydrogen-bond donors (Lipinski definition) is 1. The molecule has 110 valence electrons. The molecule has 2 unspecified atom stereocenters. The molecule has 3 rings (SSSR count). The molecule has 0 aromatic heterocycles. The zero-order valence-corrected chi connectivity index (χ0v) is 12.3. The van der Waals surface area contributed by atoms with Gasteiger partial charge in [0.15, 0.2) is 11.5 Å². The zero-order chi connectivity index (χ0) is 14.0. The van der Waals surface area contributed by atoms with Crippen molar-refractivity contribution in [1.29, 1.82) is 0 Å². The van der Waals surface area contributed by atoms with Crippen LogP contribution in [0.5, 0.6) is 11.5 Å². The SMILES string of the molecule is COCCNCC1(c2ccc3c(c2)OCCO3)CC1C. The summed E-state index contributed by atoms with van der Waals surface area (Å²) in [4.78, 5) is 0. The summed E-state index contributed by atoms with van der Waals surface area (Å²) in [6.07, 6.45) is 1.23. The Bertz CT molecular complexity index is 477. The van der Waals surface area contributed by atoms with Crippen LogP contribution in [0.3, 0.4) is 0 Å². The minimum atomic E-state index is 0.254. The maximum Gasteiger partial charge on any atom is 0.161 e. The quantitative estimate of drug-likeness (QED) is 0.807. The van der Waals surface area contributed by atoms with Crippen LogP contribution in [0, 0.1) is 5.92 Å². The van der Waals surface area contributed by atoms with Crippen molar-refractivity contribution in [1.82, 2.24) is 5.32 Å². The standard InChI is InChI=1S/C16H23NO3/c1-12-10-16(12,11-17-5-6-18-2)13-3-4-14-15(9-13)20-8-7-19-14/h3-4,9,12,17H,5-8,10-11H2,1-2H3. The lowest BCUT2D eigenvalue weighted by Crippen LogP contribution is -2.30. The van der Waals surface area contributed by atoms with E-state index in [1.165, 1.54) is 12.0 Å². The van der Waals surface area contributed by atoms with Gasteiger partial charge in [-0.05, 0) is 30.0 Å². The Kier molecular flexibility index (Phi) is 3.85. The van der Waals surface area contributed by atoms with E-state index < -0.39 is 0 Å². The minimum Gasteiger partial charge on any atom is -0.486 e. The molecule has 1 fully saturated rings. The third kappa shape index (κ3) is 2.50. The molecule has 0 saturated heterocycles. The van der Waals surface area contributed by atoms with Gasteiger partial charge >= 0.3 is 0 Å². The van der Waals surface area contributed by atoms with Crippen molar-refractivity contribution in [2.45, 2.75) is 18.8 Å². The highest BCUT2D eigenvalue weighted by molar-refractivity contribution is 5.48. The number of rotatable bonds is 6. The Hall–Kier alpha value is -1.26. The number of benzene rings is 1. The van der Waals surface area contributed by atoms with E-state index in [0.717, 1.165) is 31.2 Å². The van der Waals surface area contributed by atoms with E-state index in [2.05, 4.69) is 24.4 Å². The molecule has 1 aliphatic carbocycles.